The summed E-state index contributed by atoms with van der Waals surface area (Å²) >= 11 is 0. The van der Waals surface area contributed by atoms with E-state index in [2.05, 4.69) is 24.1 Å². The van der Waals surface area contributed by atoms with Crippen molar-refractivity contribution in [2.24, 2.45) is 0 Å². The first kappa shape index (κ1) is 13.0. The van der Waals surface area contributed by atoms with Crippen LogP contribution in [-0.2, 0) is 0 Å². The Balaban J connectivity index is 2.10. The van der Waals surface area contributed by atoms with Crippen LogP contribution in [-0.4, -0.2) is 37.1 Å². The molecule has 1 atom stereocenters. The van der Waals surface area contributed by atoms with Gasteiger partial charge >= 0.3 is 0 Å². The van der Waals surface area contributed by atoms with Gasteiger partial charge < -0.3 is 10.2 Å². The van der Waals surface area contributed by atoms with E-state index in [9.17, 15) is 0 Å². The number of hydrogen-bond acceptors (Lipinski definition) is 2. The Morgan fingerprint density at radius 2 is 2.07 bits per heavy atom. The standard InChI is InChI=1S/C13H28N2/c1-3-4-5-6-10-15-11-7-9-14-13(2)8-12-15/h13-14H,3-12H2,1-2H3. The molecule has 2 heteroatoms. The van der Waals surface area contributed by atoms with E-state index in [0.717, 1.165) is 0 Å². The highest BCUT2D eigenvalue weighted by molar-refractivity contribution is 4.69. The SMILES string of the molecule is CCCCCCN1CCCNC(C)CC1. The highest BCUT2D eigenvalue weighted by atomic mass is 15.1. The van der Waals surface area contributed by atoms with Gasteiger partial charge in [0.25, 0.3) is 0 Å². The molecule has 1 fully saturated rings. The lowest BCUT2D eigenvalue weighted by Gasteiger charge is -2.27. The summed E-state index contributed by atoms with van der Waals surface area (Å²) in [6.45, 7) is 9.70. The zero-order chi connectivity index (χ0) is 10.9. The molecule has 0 aromatic carbocycles. The Labute approximate surface area is 95.4 Å². The molecule has 0 aromatic rings. The topological polar surface area (TPSA) is 15.3 Å². The van der Waals surface area contributed by atoms with Gasteiger partial charge in [-0.2, -0.15) is 0 Å². The summed E-state index contributed by atoms with van der Waals surface area (Å²) in [4.78, 5) is 2.66. The third-order valence-corrected chi connectivity index (χ3v) is 3.35. The summed E-state index contributed by atoms with van der Waals surface area (Å²) < 4.78 is 0. The summed E-state index contributed by atoms with van der Waals surface area (Å²) in [6.07, 6.45) is 8.20. The minimum Gasteiger partial charge on any atom is -0.314 e. The third-order valence-electron chi connectivity index (χ3n) is 3.35. The predicted molar refractivity (Wildman–Crippen MR) is 67.3 cm³/mol. The molecule has 90 valence electrons. The Morgan fingerprint density at radius 1 is 1.20 bits per heavy atom. The molecule has 1 rings (SSSR count). The van der Waals surface area contributed by atoms with E-state index in [0.29, 0.717) is 6.04 Å². The Kier molecular flexibility index (Phi) is 7.03. The van der Waals surface area contributed by atoms with Crippen LogP contribution in [0.5, 0.6) is 0 Å². The minimum atomic E-state index is 0.712. The van der Waals surface area contributed by atoms with Crippen LogP contribution < -0.4 is 5.32 Å². The van der Waals surface area contributed by atoms with Gasteiger partial charge in [-0.05, 0) is 52.4 Å². The number of hydrogen-bond donors (Lipinski definition) is 1. The fourth-order valence-corrected chi connectivity index (χ4v) is 2.23. The molecule has 0 amide bonds. The maximum atomic E-state index is 3.55. The molecule has 1 N–H and O–H groups in total. The van der Waals surface area contributed by atoms with Gasteiger partial charge in [0.05, 0.1) is 0 Å². The molecule has 0 aliphatic carbocycles. The van der Waals surface area contributed by atoms with Crippen LogP contribution in [0.2, 0.25) is 0 Å². The van der Waals surface area contributed by atoms with Crippen LogP contribution in [0.1, 0.15) is 52.4 Å². The molecule has 1 heterocycles. The van der Waals surface area contributed by atoms with Crippen molar-refractivity contribution >= 4 is 0 Å². The quantitative estimate of drug-likeness (QED) is 0.705. The van der Waals surface area contributed by atoms with Crippen molar-refractivity contribution in [3.63, 3.8) is 0 Å². The van der Waals surface area contributed by atoms with Gasteiger partial charge in [-0.25, -0.2) is 0 Å². The predicted octanol–water partition coefficient (Wildman–Crippen LogP) is 2.64. The lowest BCUT2D eigenvalue weighted by Crippen LogP contribution is -2.38. The van der Waals surface area contributed by atoms with Gasteiger partial charge in [0, 0.05) is 6.04 Å². The van der Waals surface area contributed by atoms with E-state index in [4.69, 9.17) is 0 Å². The second-order valence-corrected chi connectivity index (χ2v) is 4.90. The van der Waals surface area contributed by atoms with E-state index >= 15 is 0 Å². The first-order chi connectivity index (χ1) is 7.33. The first-order valence-corrected chi connectivity index (χ1v) is 6.78. The van der Waals surface area contributed by atoms with Crippen LogP contribution in [0.15, 0.2) is 0 Å². The van der Waals surface area contributed by atoms with Crippen LogP contribution in [0, 0.1) is 0 Å². The van der Waals surface area contributed by atoms with Crippen molar-refractivity contribution in [3.05, 3.63) is 0 Å². The summed E-state index contributed by atoms with van der Waals surface area (Å²) in [7, 11) is 0. The molecule has 15 heavy (non-hydrogen) atoms. The van der Waals surface area contributed by atoms with Gasteiger partial charge in [-0.1, -0.05) is 26.2 Å². The van der Waals surface area contributed by atoms with Crippen LogP contribution >= 0.6 is 0 Å². The molecule has 0 radical (unpaired) electrons. The number of unbranched alkanes of at least 4 members (excludes halogenated alkanes) is 3. The number of nitrogens with one attached hydrogen (secondary N) is 1. The van der Waals surface area contributed by atoms with Crippen molar-refractivity contribution in [2.75, 3.05) is 26.2 Å². The molecular weight excluding hydrogens is 184 g/mol. The molecule has 0 aromatic heterocycles. The van der Waals surface area contributed by atoms with E-state index in [1.54, 1.807) is 0 Å². The molecule has 1 unspecified atom stereocenters. The average Bonchev–Trinajstić information content (AvgIpc) is 2.22. The Morgan fingerprint density at radius 3 is 2.87 bits per heavy atom. The fourth-order valence-electron chi connectivity index (χ4n) is 2.23. The largest absolute Gasteiger partial charge is 0.314 e. The second-order valence-electron chi connectivity index (χ2n) is 4.90. The summed E-state index contributed by atoms with van der Waals surface area (Å²) in [6, 6.07) is 0.712. The summed E-state index contributed by atoms with van der Waals surface area (Å²) in [5.41, 5.74) is 0. The summed E-state index contributed by atoms with van der Waals surface area (Å²) in [5.74, 6) is 0. The van der Waals surface area contributed by atoms with Crippen LogP contribution in [0.3, 0.4) is 0 Å². The maximum absolute atomic E-state index is 3.55. The van der Waals surface area contributed by atoms with Crippen molar-refractivity contribution in [3.8, 4) is 0 Å². The van der Waals surface area contributed by atoms with E-state index in [1.165, 1.54) is 64.7 Å². The monoisotopic (exact) mass is 212 g/mol. The Bertz CT molecular complexity index is 147. The third kappa shape index (κ3) is 6.16. The smallest absolute Gasteiger partial charge is 0.00509 e. The highest BCUT2D eigenvalue weighted by Gasteiger charge is 2.10. The molecule has 0 spiro atoms. The van der Waals surface area contributed by atoms with Gasteiger partial charge in [0.1, 0.15) is 0 Å². The molecule has 1 saturated heterocycles. The average molecular weight is 212 g/mol. The first-order valence-electron chi connectivity index (χ1n) is 6.78. The molecule has 1 aliphatic heterocycles. The van der Waals surface area contributed by atoms with Crippen molar-refractivity contribution in [1.82, 2.24) is 10.2 Å². The zero-order valence-corrected chi connectivity index (χ0v) is 10.6. The highest BCUT2D eigenvalue weighted by Crippen LogP contribution is 2.05. The van der Waals surface area contributed by atoms with Gasteiger partial charge in [-0.3, -0.25) is 0 Å². The number of nitrogens with zero attached hydrogens (tertiary/aromatic N) is 1. The number of rotatable bonds is 5. The van der Waals surface area contributed by atoms with Crippen molar-refractivity contribution in [1.29, 1.82) is 0 Å². The van der Waals surface area contributed by atoms with Gasteiger partial charge in [-0.15, -0.1) is 0 Å². The molecule has 1 aliphatic rings. The lowest BCUT2D eigenvalue weighted by molar-refractivity contribution is 0.232. The zero-order valence-electron chi connectivity index (χ0n) is 10.6. The van der Waals surface area contributed by atoms with Crippen molar-refractivity contribution < 1.29 is 0 Å². The normalized spacial score (nSPS) is 24.8. The van der Waals surface area contributed by atoms with E-state index in [1.807, 2.05) is 0 Å². The molecule has 0 saturated carbocycles. The summed E-state index contributed by atoms with van der Waals surface area (Å²) in [5, 5.41) is 3.55. The van der Waals surface area contributed by atoms with Gasteiger partial charge in [0.15, 0.2) is 0 Å². The van der Waals surface area contributed by atoms with Gasteiger partial charge in [0.2, 0.25) is 0 Å². The van der Waals surface area contributed by atoms with E-state index < -0.39 is 0 Å². The minimum absolute atomic E-state index is 0.712. The molecular formula is C13H28N2. The fraction of sp³-hybridized carbons (Fsp3) is 1.00. The van der Waals surface area contributed by atoms with Crippen molar-refractivity contribution in [2.45, 2.75) is 58.4 Å². The molecule has 0 bridgehead atoms. The van der Waals surface area contributed by atoms with Crippen LogP contribution in [0.4, 0.5) is 0 Å². The second kappa shape index (κ2) is 8.12. The van der Waals surface area contributed by atoms with Crippen LogP contribution in [0.25, 0.3) is 0 Å². The lowest BCUT2D eigenvalue weighted by atomic mass is 10.1. The Hall–Kier alpha value is -0.0800. The van der Waals surface area contributed by atoms with E-state index in [-0.39, 0.29) is 0 Å². The molecule has 2 nitrogen and oxygen atoms in total. The maximum Gasteiger partial charge on any atom is 0.00509 e.